The summed E-state index contributed by atoms with van der Waals surface area (Å²) in [5.41, 5.74) is 2.77. The molecule has 1 aliphatic heterocycles. The molecule has 7 heteroatoms. The number of carbonyl (C=O) groups excluding carboxylic acids is 1. The predicted octanol–water partition coefficient (Wildman–Crippen LogP) is 3.38. The predicted molar refractivity (Wildman–Crippen MR) is 112 cm³/mol. The quantitative estimate of drug-likeness (QED) is 0.580. The zero-order valence-corrected chi connectivity index (χ0v) is 15.8. The van der Waals surface area contributed by atoms with E-state index < -0.39 is 0 Å². The van der Waals surface area contributed by atoms with Gasteiger partial charge in [0.1, 0.15) is 17.6 Å². The number of amides is 1. The summed E-state index contributed by atoms with van der Waals surface area (Å²) in [4.78, 5) is 31.8. The van der Waals surface area contributed by atoms with Crippen molar-refractivity contribution in [2.75, 3.05) is 23.3 Å². The Morgan fingerprint density at radius 1 is 1.07 bits per heavy atom. The number of benzene rings is 2. The first-order valence-corrected chi connectivity index (χ1v) is 9.70. The third-order valence-corrected chi connectivity index (χ3v) is 5.29. The van der Waals surface area contributed by atoms with E-state index in [2.05, 4.69) is 15.2 Å². The number of furan rings is 1. The summed E-state index contributed by atoms with van der Waals surface area (Å²) in [7, 11) is 0. The summed E-state index contributed by atoms with van der Waals surface area (Å²) in [6.45, 7) is 2.02. The number of carbonyl (C=O) groups is 1. The number of hydrogen-bond acceptors (Lipinski definition) is 5. The molecule has 1 fully saturated rings. The van der Waals surface area contributed by atoms with Gasteiger partial charge in [0, 0.05) is 29.9 Å². The largest absolute Gasteiger partial charge is 0.448 e. The molecule has 1 N–H and O–H groups in total. The van der Waals surface area contributed by atoms with E-state index in [0.717, 1.165) is 24.2 Å². The minimum atomic E-state index is -0.370. The van der Waals surface area contributed by atoms with Crippen LogP contribution in [0.2, 0.25) is 0 Å². The normalized spacial score (nSPS) is 14.0. The van der Waals surface area contributed by atoms with Crippen molar-refractivity contribution in [3.05, 3.63) is 65.2 Å². The van der Waals surface area contributed by atoms with Gasteiger partial charge in [-0.05, 0) is 49.2 Å². The number of fused-ring (bicyclic) bond motifs is 3. The van der Waals surface area contributed by atoms with E-state index in [1.54, 1.807) is 6.07 Å². The Morgan fingerprint density at radius 2 is 1.83 bits per heavy atom. The molecule has 2 aromatic heterocycles. The molecule has 0 aliphatic carbocycles. The fourth-order valence-electron chi connectivity index (χ4n) is 3.81. The van der Waals surface area contributed by atoms with Crippen LogP contribution in [0.1, 0.15) is 12.8 Å². The second-order valence-electron chi connectivity index (χ2n) is 7.24. The van der Waals surface area contributed by atoms with Gasteiger partial charge < -0.3 is 14.6 Å². The Balaban J connectivity index is 1.34. The van der Waals surface area contributed by atoms with Crippen molar-refractivity contribution in [2.45, 2.75) is 19.4 Å². The Hall–Kier alpha value is -3.61. The molecule has 0 radical (unpaired) electrons. The van der Waals surface area contributed by atoms with Gasteiger partial charge >= 0.3 is 0 Å². The highest BCUT2D eigenvalue weighted by Crippen LogP contribution is 2.24. The highest BCUT2D eigenvalue weighted by molar-refractivity contribution is 6.01. The molecule has 1 aliphatic rings. The first-order valence-electron chi connectivity index (χ1n) is 9.70. The van der Waals surface area contributed by atoms with E-state index in [1.165, 1.54) is 23.7 Å². The van der Waals surface area contributed by atoms with Gasteiger partial charge in [-0.1, -0.05) is 12.1 Å². The molecule has 0 spiro atoms. The van der Waals surface area contributed by atoms with Gasteiger partial charge in [0.2, 0.25) is 11.5 Å². The number of nitrogens with one attached hydrogen (secondary N) is 1. The summed E-state index contributed by atoms with van der Waals surface area (Å²) >= 11 is 0. The molecular formula is C22H20N4O3. The Morgan fingerprint density at radius 3 is 2.62 bits per heavy atom. The number of rotatable bonds is 4. The molecule has 0 saturated carbocycles. The lowest BCUT2D eigenvalue weighted by Gasteiger charge is -2.17. The van der Waals surface area contributed by atoms with Crippen molar-refractivity contribution >= 4 is 39.4 Å². The molecule has 7 nitrogen and oxygen atoms in total. The molecule has 146 valence electrons. The monoisotopic (exact) mass is 388 g/mol. The number of aromatic nitrogens is 2. The van der Waals surface area contributed by atoms with Crippen LogP contribution in [0.3, 0.4) is 0 Å². The summed E-state index contributed by atoms with van der Waals surface area (Å²) < 4.78 is 6.92. The van der Waals surface area contributed by atoms with Crippen LogP contribution in [-0.2, 0) is 11.3 Å². The molecule has 0 unspecified atom stereocenters. The van der Waals surface area contributed by atoms with Crippen molar-refractivity contribution in [3.8, 4) is 0 Å². The lowest BCUT2D eigenvalue weighted by atomic mass is 10.2. The zero-order valence-electron chi connectivity index (χ0n) is 15.8. The maximum absolute atomic E-state index is 12.7. The van der Waals surface area contributed by atoms with Gasteiger partial charge in [-0.25, -0.2) is 4.98 Å². The number of hydrogen-bond donors (Lipinski definition) is 1. The molecule has 5 rings (SSSR count). The third-order valence-electron chi connectivity index (χ3n) is 5.29. The highest BCUT2D eigenvalue weighted by atomic mass is 16.3. The SMILES string of the molecule is O=C(Cn1cnc2c(oc3ccccc32)c1=O)Nc1ccc(N2CCCC2)cc1. The summed E-state index contributed by atoms with van der Waals surface area (Å²) in [6, 6.07) is 15.1. The van der Waals surface area contributed by atoms with Gasteiger partial charge in [-0.15, -0.1) is 0 Å². The maximum Gasteiger partial charge on any atom is 0.297 e. The average Bonchev–Trinajstić information content (AvgIpc) is 3.39. The van der Waals surface area contributed by atoms with Crippen molar-refractivity contribution in [1.82, 2.24) is 9.55 Å². The number of anilines is 2. The van der Waals surface area contributed by atoms with E-state index in [9.17, 15) is 9.59 Å². The topological polar surface area (TPSA) is 80.4 Å². The zero-order chi connectivity index (χ0) is 19.8. The van der Waals surface area contributed by atoms with Gasteiger partial charge in [-0.3, -0.25) is 14.2 Å². The molecule has 1 amide bonds. The lowest BCUT2D eigenvalue weighted by Crippen LogP contribution is -2.27. The van der Waals surface area contributed by atoms with Crippen molar-refractivity contribution < 1.29 is 9.21 Å². The molecular weight excluding hydrogens is 368 g/mol. The van der Waals surface area contributed by atoms with E-state index in [0.29, 0.717) is 16.8 Å². The molecule has 1 saturated heterocycles. The van der Waals surface area contributed by atoms with Gasteiger partial charge in [0.25, 0.3) is 5.56 Å². The van der Waals surface area contributed by atoms with Gasteiger partial charge in [0.15, 0.2) is 0 Å². The van der Waals surface area contributed by atoms with Crippen molar-refractivity contribution in [1.29, 1.82) is 0 Å². The maximum atomic E-state index is 12.7. The van der Waals surface area contributed by atoms with Crippen molar-refractivity contribution in [3.63, 3.8) is 0 Å². The molecule has 3 heterocycles. The first kappa shape index (κ1) is 17.5. The van der Waals surface area contributed by atoms with Crippen LogP contribution in [0.4, 0.5) is 11.4 Å². The fourth-order valence-corrected chi connectivity index (χ4v) is 3.81. The lowest BCUT2D eigenvalue weighted by molar-refractivity contribution is -0.116. The van der Waals surface area contributed by atoms with Crippen molar-refractivity contribution in [2.24, 2.45) is 0 Å². The average molecular weight is 388 g/mol. The minimum absolute atomic E-state index is 0.132. The first-order chi connectivity index (χ1) is 14.2. The highest BCUT2D eigenvalue weighted by Gasteiger charge is 2.15. The standard InChI is InChI=1S/C22H20N4O3/c27-19(24-15-7-9-16(10-8-15)25-11-3-4-12-25)13-26-14-23-20-17-5-1-2-6-18(17)29-21(20)22(26)28/h1-2,5-10,14H,3-4,11-13H2,(H,24,27). The Labute approximate surface area is 166 Å². The van der Waals surface area contributed by atoms with Crippen LogP contribution in [0.25, 0.3) is 22.1 Å². The second kappa shape index (κ2) is 7.09. The fraction of sp³-hybridized carbons (Fsp3) is 0.227. The van der Waals surface area contributed by atoms with Gasteiger partial charge in [0.05, 0.1) is 6.33 Å². The molecule has 2 aromatic carbocycles. The van der Waals surface area contributed by atoms with Crippen LogP contribution >= 0.6 is 0 Å². The number of nitrogens with zero attached hydrogens (tertiary/aromatic N) is 3. The van der Waals surface area contributed by atoms with E-state index >= 15 is 0 Å². The number of para-hydroxylation sites is 1. The smallest absolute Gasteiger partial charge is 0.297 e. The Bertz CT molecular complexity index is 1250. The minimum Gasteiger partial charge on any atom is -0.448 e. The Kier molecular flexibility index (Phi) is 4.27. The molecule has 4 aromatic rings. The van der Waals surface area contributed by atoms with E-state index in [1.807, 2.05) is 42.5 Å². The molecule has 29 heavy (non-hydrogen) atoms. The van der Waals surface area contributed by atoms with Crippen LogP contribution in [0.15, 0.2) is 64.1 Å². The van der Waals surface area contributed by atoms with E-state index in [4.69, 9.17) is 4.42 Å². The van der Waals surface area contributed by atoms with Gasteiger partial charge in [-0.2, -0.15) is 0 Å². The second-order valence-corrected chi connectivity index (χ2v) is 7.24. The summed E-state index contributed by atoms with van der Waals surface area (Å²) in [5.74, 6) is -0.293. The van der Waals surface area contributed by atoms with E-state index in [-0.39, 0.29) is 23.6 Å². The summed E-state index contributed by atoms with van der Waals surface area (Å²) in [5, 5.41) is 3.62. The van der Waals surface area contributed by atoms with Crippen LogP contribution in [0, 0.1) is 0 Å². The molecule has 0 atom stereocenters. The summed E-state index contributed by atoms with van der Waals surface area (Å²) in [6.07, 6.45) is 3.83. The van der Waals surface area contributed by atoms with Crippen LogP contribution in [-0.4, -0.2) is 28.5 Å². The molecule has 0 bridgehead atoms. The van der Waals surface area contributed by atoms with Crippen LogP contribution in [0.5, 0.6) is 0 Å². The third kappa shape index (κ3) is 3.24. The van der Waals surface area contributed by atoms with Crippen LogP contribution < -0.4 is 15.8 Å².